The minimum atomic E-state index is -0.372. The SMILES string of the molecule is COC[C@H]1CN(C(=O)c2ccc(OC)c(C3CC3)c2)CC(C)(C)O1. The summed E-state index contributed by atoms with van der Waals surface area (Å²) in [4.78, 5) is 14.9. The van der Waals surface area contributed by atoms with Crippen molar-refractivity contribution in [2.24, 2.45) is 0 Å². The Labute approximate surface area is 143 Å². The van der Waals surface area contributed by atoms with Gasteiger partial charge in [-0.2, -0.15) is 0 Å². The number of nitrogens with zero attached hydrogens (tertiary/aromatic N) is 1. The molecule has 1 aromatic rings. The smallest absolute Gasteiger partial charge is 0.254 e. The van der Waals surface area contributed by atoms with Crippen LogP contribution in [0.3, 0.4) is 0 Å². The molecule has 0 aromatic heterocycles. The highest BCUT2D eigenvalue weighted by Gasteiger charge is 2.36. The van der Waals surface area contributed by atoms with E-state index in [1.807, 2.05) is 36.9 Å². The molecular formula is C19H27NO4. The lowest BCUT2D eigenvalue weighted by Gasteiger charge is -2.42. The van der Waals surface area contributed by atoms with Gasteiger partial charge in [-0.1, -0.05) is 0 Å². The molecule has 0 unspecified atom stereocenters. The number of amides is 1. The Morgan fingerprint density at radius 2 is 2.08 bits per heavy atom. The highest BCUT2D eigenvalue weighted by atomic mass is 16.5. The quantitative estimate of drug-likeness (QED) is 0.831. The first kappa shape index (κ1) is 17.2. The molecule has 5 nitrogen and oxygen atoms in total. The number of rotatable bonds is 5. The second-order valence-electron chi connectivity index (χ2n) is 7.37. The highest BCUT2D eigenvalue weighted by Crippen LogP contribution is 2.44. The topological polar surface area (TPSA) is 48.0 Å². The van der Waals surface area contributed by atoms with E-state index in [0.29, 0.717) is 25.6 Å². The summed E-state index contributed by atoms with van der Waals surface area (Å²) in [6.07, 6.45) is 2.26. The lowest BCUT2D eigenvalue weighted by molar-refractivity contribution is -0.143. The minimum Gasteiger partial charge on any atom is -0.496 e. The molecule has 1 aliphatic carbocycles. The molecule has 1 saturated heterocycles. The van der Waals surface area contributed by atoms with Crippen molar-refractivity contribution in [2.45, 2.75) is 44.3 Å². The van der Waals surface area contributed by atoms with E-state index in [4.69, 9.17) is 14.2 Å². The molecule has 0 N–H and O–H groups in total. The maximum absolute atomic E-state index is 13.0. The third-order valence-corrected chi connectivity index (χ3v) is 4.61. The fraction of sp³-hybridized carbons (Fsp3) is 0.632. The molecule has 1 atom stereocenters. The molecule has 1 saturated carbocycles. The number of carbonyl (C=O) groups is 1. The average Bonchev–Trinajstić information content (AvgIpc) is 3.37. The first-order valence-electron chi connectivity index (χ1n) is 8.57. The number of benzene rings is 1. The van der Waals surface area contributed by atoms with Crippen LogP contribution >= 0.6 is 0 Å². The molecule has 2 fully saturated rings. The Bertz CT molecular complexity index is 609. The van der Waals surface area contributed by atoms with Gasteiger partial charge in [0.25, 0.3) is 5.91 Å². The van der Waals surface area contributed by atoms with Gasteiger partial charge in [-0.25, -0.2) is 0 Å². The van der Waals surface area contributed by atoms with E-state index in [9.17, 15) is 4.79 Å². The van der Waals surface area contributed by atoms with E-state index in [0.717, 1.165) is 16.9 Å². The molecular weight excluding hydrogens is 306 g/mol. The number of morpholine rings is 1. The standard InChI is InChI=1S/C19H27NO4/c1-19(2)12-20(10-15(24-19)11-22-3)18(21)14-7-8-17(23-4)16(9-14)13-5-6-13/h7-9,13,15H,5-6,10-12H2,1-4H3/t15-/m1/s1. The fourth-order valence-corrected chi connectivity index (χ4v) is 3.49. The summed E-state index contributed by atoms with van der Waals surface area (Å²) in [5.41, 5.74) is 1.51. The van der Waals surface area contributed by atoms with Crippen molar-refractivity contribution < 1.29 is 19.0 Å². The zero-order valence-corrected chi connectivity index (χ0v) is 15.0. The lowest BCUT2D eigenvalue weighted by atomic mass is 10.0. The molecule has 0 radical (unpaired) electrons. The van der Waals surface area contributed by atoms with E-state index in [1.165, 1.54) is 12.8 Å². The number of carbonyl (C=O) groups excluding carboxylic acids is 1. The van der Waals surface area contributed by atoms with Gasteiger partial charge in [-0.15, -0.1) is 0 Å². The van der Waals surface area contributed by atoms with Crippen LogP contribution in [0.15, 0.2) is 18.2 Å². The van der Waals surface area contributed by atoms with E-state index in [-0.39, 0.29) is 17.6 Å². The Morgan fingerprint density at radius 1 is 1.33 bits per heavy atom. The van der Waals surface area contributed by atoms with Gasteiger partial charge in [0.2, 0.25) is 0 Å². The zero-order valence-electron chi connectivity index (χ0n) is 15.0. The first-order chi connectivity index (χ1) is 11.4. The van der Waals surface area contributed by atoms with Gasteiger partial charge in [0.05, 0.1) is 25.4 Å². The van der Waals surface area contributed by atoms with Crippen LogP contribution in [0.4, 0.5) is 0 Å². The summed E-state index contributed by atoms with van der Waals surface area (Å²) in [5, 5.41) is 0. The van der Waals surface area contributed by atoms with Crippen LogP contribution in [0.1, 0.15) is 48.5 Å². The zero-order chi connectivity index (χ0) is 17.3. The van der Waals surface area contributed by atoms with E-state index < -0.39 is 0 Å². The Hall–Kier alpha value is -1.59. The van der Waals surface area contributed by atoms with Crippen molar-refractivity contribution in [3.05, 3.63) is 29.3 Å². The van der Waals surface area contributed by atoms with Crippen molar-refractivity contribution in [3.8, 4) is 5.75 Å². The number of hydrogen-bond acceptors (Lipinski definition) is 4. The maximum atomic E-state index is 13.0. The van der Waals surface area contributed by atoms with Gasteiger partial charge in [0.15, 0.2) is 0 Å². The van der Waals surface area contributed by atoms with Gasteiger partial charge in [0.1, 0.15) is 5.75 Å². The Balaban J connectivity index is 1.81. The van der Waals surface area contributed by atoms with Crippen LogP contribution < -0.4 is 4.74 Å². The van der Waals surface area contributed by atoms with Crippen molar-refractivity contribution >= 4 is 5.91 Å². The molecule has 3 rings (SSSR count). The van der Waals surface area contributed by atoms with E-state index in [1.54, 1.807) is 14.2 Å². The van der Waals surface area contributed by atoms with Gasteiger partial charge >= 0.3 is 0 Å². The molecule has 5 heteroatoms. The number of hydrogen-bond donors (Lipinski definition) is 0. The van der Waals surface area contributed by atoms with Gasteiger partial charge < -0.3 is 19.1 Å². The summed E-state index contributed by atoms with van der Waals surface area (Å²) in [5.74, 6) is 1.47. The average molecular weight is 333 g/mol. The maximum Gasteiger partial charge on any atom is 0.254 e. The molecule has 2 aliphatic rings. The Morgan fingerprint density at radius 3 is 2.71 bits per heavy atom. The van der Waals surface area contributed by atoms with Crippen molar-refractivity contribution in [2.75, 3.05) is 33.9 Å². The molecule has 24 heavy (non-hydrogen) atoms. The molecule has 1 amide bonds. The highest BCUT2D eigenvalue weighted by molar-refractivity contribution is 5.95. The predicted molar refractivity (Wildman–Crippen MR) is 91.7 cm³/mol. The van der Waals surface area contributed by atoms with E-state index in [2.05, 4.69) is 0 Å². The van der Waals surface area contributed by atoms with Crippen molar-refractivity contribution in [1.29, 1.82) is 0 Å². The fourth-order valence-electron chi connectivity index (χ4n) is 3.49. The normalized spacial score (nSPS) is 23.2. The number of ether oxygens (including phenoxy) is 3. The number of methoxy groups -OCH3 is 2. The van der Waals surface area contributed by atoms with Crippen molar-refractivity contribution in [1.82, 2.24) is 4.90 Å². The summed E-state index contributed by atoms with van der Waals surface area (Å²) in [6.45, 7) is 5.65. The van der Waals surface area contributed by atoms with Crippen molar-refractivity contribution in [3.63, 3.8) is 0 Å². The van der Waals surface area contributed by atoms with Crippen LogP contribution in [0.5, 0.6) is 5.75 Å². The third kappa shape index (κ3) is 3.73. The summed E-state index contributed by atoms with van der Waals surface area (Å²) in [7, 11) is 3.34. The van der Waals surface area contributed by atoms with Crippen LogP contribution in [-0.2, 0) is 9.47 Å². The molecule has 0 bridgehead atoms. The largest absolute Gasteiger partial charge is 0.496 e. The van der Waals surface area contributed by atoms with Crippen LogP contribution in [0, 0.1) is 0 Å². The summed E-state index contributed by atoms with van der Waals surface area (Å²) in [6, 6.07) is 5.78. The van der Waals surface area contributed by atoms with Gasteiger partial charge in [0, 0.05) is 25.8 Å². The summed E-state index contributed by atoms with van der Waals surface area (Å²) >= 11 is 0. The molecule has 1 aromatic carbocycles. The molecule has 1 aliphatic heterocycles. The second-order valence-corrected chi connectivity index (χ2v) is 7.37. The first-order valence-corrected chi connectivity index (χ1v) is 8.57. The lowest BCUT2D eigenvalue weighted by Crippen LogP contribution is -2.55. The molecule has 0 spiro atoms. The summed E-state index contributed by atoms with van der Waals surface area (Å²) < 4.78 is 16.7. The van der Waals surface area contributed by atoms with Gasteiger partial charge in [-0.3, -0.25) is 4.79 Å². The van der Waals surface area contributed by atoms with Crippen LogP contribution in [0.2, 0.25) is 0 Å². The van der Waals surface area contributed by atoms with E-state index >= 15 is 0 Å². The Kier molecular flexibility index (Phi) is 4.83. The monoisotopic (exact) mass is 333 g/mol. The van der Waals surface area contributed by atoms with Crippen LogP contribution in [0.25, 0.3) is 0 Å². The third-order valence-electron chi connectivity index (χ3n) is 4.61. The predicted octanol–water partition coefficient (Wildman–Crippen LogP) is 2.84. The second kappa shape index (κ2) is 6.73. The van der Waals surface area contributed by atoms with Gasteiger partial charge in [-0.05, 0) is 56.4 Å². The molecule has 1 heterocycles. The van der Waals surface area contributed by atoms with Crippen LogP contribution in [-0.4, -0.2) is 56.4 Å². The minimum absolute atomic E-state index is 0.0528. The molecule has 132 valence electrons.